The summed E-state index contributed by atoms with van der Waals surface area (Å²) in [5.74, 6) is 1.14. The topological polar surface area (TPSA) is 50.9 Å². The normalized spacial score (nSPS) is 22.9. The van der Waals surface area contributed by atoms with Crippen LogP contribution >= 0.6 is 0 Å². The van der Waals surface area contributed by atoms with Gasteiger partial charge in [0, 0.05) is 13.7 Å². The molecule has 1 aromatic rings. The number of nitrogens with zero attached hydrogens (tertiary/aromatic N) is 2. The summed E-state index contributed by atoms with van der Waals surface area (Å²) in [6, 6.07) is 10.4. The highest BCUT2D eigenvalue weighted by molar-refractivity contribution is 5.81. The molecule has 1 atom stereocenters. The van der Waals surface area contributed by atoms with Crippen molar-refractivity contribution in [2.75, 3.05) is 26.8 Å². The van der Waals surface area contributed by atoms with Crippen molar-refractivity contribution < 1.29 is 4.74 Å². The quantitative estimate of drug-likeness (QED) is 0.879. The molecule has 104 valence electrons. The van der Waals surface area contributed by atoms with Gasteiger partial charge in [-0.1, -0.05) is 44.2 Å². The lowest BCUT2D eigenvalue weighted by molar-refractivity contribution is 0.0591. The number of guanidine groups is 1. The molecule has 1 unspecified atom stereocenters. The van der Waals surface area contributed by atoms with Crippen LogP contribution in [0.5, 0.6) is 0 Å². The molecule has 0 saturated heterocycles. The fraction of sp³-hybridized carbons (Fsp3) is 0.533. The zero-order valence-electron chi connectivity index (χ0n) is 12.0. The lowest BCUT2D eigenvalue weighted by atomic mass is 9.89. The first-order valence-electron chi connectivity index (χ1n) is 6.72. The molecule has 0 radical (unpaired) electrons. The van der Waals surface area contributed by atoms with Crippen molar-refractivity contribution >= 4 is 5.96 Å². The Bertz CT molecular complexity index is 444. The number of hydrogen-bond acceptors (Lipinski definition) is 4. The van der Waals surface area contributed by atoms with E-state index in [-0.39, 0.29) is 5.54 Å². The molecule has 4 nitrogen and oxygen atoms in total. The molecule has 0 amide bonds. The van der Waals surface area contributed by atoms with Gasteiger partial charge in [0.15, 0.2) is 5.96 Å². The maximum absolute atomic E-state index is 6.09. The molecule has 19 heavy (non-hydrogen) atoms. The van der Waals surface area contributed by atoms with E-state index in [9.17, 15) is 0 Å². The van der Waals surface area contributed by atoms with E-state index < -0.39 is 0 Å². The average molecular weight is 261 g/mol. The molecule has 1 aromatic carbocycles. The molecule has 0 spiro atoms. The van der Waals surface area contributed by atoms with Crippen LogP contribution in [-0.2, 0) is 10.3 Å². The van der Waals surface area contributed by atoms with Crippen molar-refractivity contribution in [3.05, 3.63) is 35.9 Å². The van der Waals surface area contributed by atoms with Crippen LogP contribution in [0.4, 0.5) is 0 Å². The van der Waals surface area contributed by atoms with Crippen molar-refractivity contribution in [1.29, 1.82) is 0 Å². The highest BCUT2D eigenvalue weighted by Crippen LogP contribution is 2.34. The Hall–Kier alpha value is -1.55. The molecule has 0 saturated carbocycles. The van der Waals surface area contributed by atoms with Crippen LogP contribution in [-0.4, -0.2) is 37.7 Å². The first-order chi connectivity index (χ1) is 9.10. The second kappa shape index (κ2) is 5.61. The van der Waals surface area contributed by atoms with Gasteiger partial charge in [-0.15, -0.1) is 0 Å². The van der Waals surface area contributed by atoms with E-state index >= 15 is 0 Å². The van der Waals surface area contributed by atoms with Crippen molar-refractivity contribution in [2.45, 2.75) is 19.4 Å². The first kappa shape index (κ1) is 13.9. The van der Waals surface area contributed by atoms with E-state index in [1.165, 1.54) is 5.56 Å². The van der Waals surface area contributed by atoms with Gasteiger partial charge in [0.1, 0.15) is 5.54 Å². The molecule has 1 aliphatic heterocycles. The predicted molar refractivity (Wildman–Crippen MR) is 78.0 cm³/mol. The minimum atomic E-state index is -0.260. The van der Waals surface area contributed by atoms with Crippen LogP contribution in [0, 0.1) is 5.92 Å². The molecule has 0 aliphatic carbocycles. The van der Waals surface area contributed by atoms with Gasteiger partial charge >= 0.3 is 0 Å². The Morgan fingerprint density at radius 3 is 2.63 bits per heavy atom. The number of benzene rings is 1. The standard InChI is InChI=1S/C15H23N3O/c1-12(2)9-18-14(16)17-10-15(18,11-19-3)13-7-5-4-6-8-13/h4-8,12H,9-11H2,1-3H3,(H2,16,17). The van der Waals surface area contributed by atoms with E-state index in [1.54, 1.807) is 7.11 Å². The largest absolute Gasteiger partial charge is 0.382 e. The summed E-state index contributed by atoms with van der Waals surface area (Å²) >= 11 is 0. The number of ether oxygens (including phenoxy) is 1. The average Bonchev–Trinajstić information content (AvgIpc) is 2.70. The maximum Gasteiger partial charge on any atom is 0.192 e. The number of methoxy groups -OCH3 is 1. The van der Waals surface area contributed by atoms with E-state index in [0.717, 1.165) is 6.54 Å². The molecule has 2 N–H and O–H groups in total. The van der Waals surface area contributed by atoms with Crippen LogP contribution in [0.1, 0.15) is 19.4 Å². The molecule has 1 heterocycles. The summed E-state index contributed by atoms with van der Waals surface area (Å²) in [7, 11) is 1.73. The SMILES string of the molecule is COCC1(c2ccccc2)CN=C(N)N1CC(C)C. The van der Waals surface area contributed by atoms with Gasteiger partial charge in [0.05, 0.1) is 13.2 Å². The Kier molecular flexibility index (Phi) is 4.10. The van der Waals surface area contributed by atoms with Crippen LogP contribution in [0.25, 0.3) is 0 Å². The highest BCUT2D eigenvalue weighted by Gasteiger charge is 2.43. The van der Waals surface area contributed by atoms with Crippen LogP contribution in [0.3, 0.4) is 0 Å². The number of nitrogens with two attached hydrogens (primary N) is 1. The summed E-state index contributed by atoms with van der Waals surface area (Å²) in [4.78, 5) is 6.65. The molecular weight excluding hydrogens is 238 g/mol. The Morgan fingerprint density at radius 1 is 1.37 bits per heavy atom. The monoisotopic (exact) mass is 261 g/mol. The fourth-order valence-corrected chi connectivity index (χ4v) is 2.68. The third-order valence-electron chi connectivity index (χ3n) is 3.54. The van der Waals surface area contributed by atoms with Crippen LogP contribution < -0.4 is 5.73 Å². The fourth-order valence-electron chi connectivity index (χ4n) is 2.68. The summed E-state index contributed by atoms with van der Waals surface area (Å²) in [5.41, 5.74) is 7.04. The molecule has 0 fully saturated rings. The Balaban J connectivity index is 2.39. The van der Waals surface area contributed by atoms with Gasteiger partial charge in [0.25, 0.3) is 0 Å². The van der Waals surface area contributed by atoms with Crippen molar-refractivity contribution in [3.8, 4) is 0 Å². The van der Waals surface area contributed by atoms with Gasteiger partial charge in [-0.3, -0.25) is 4.99 Å². The second-order valence-corrected chi connectivity index (χ2v) is 5.51. The summed E-state index contributed by atoms with van der Waals surface area (Å²) in [6.07, 6.45) is 0. The summed E-state index contributed by atoms with van der Waals surface area (Å²) in [5, 5.41) is 0. The van der Waals surface area contributed by atoms with E-state index in [1.807, 2.05) is 6.07 Å². The molecule has 1 aliphatic rings. The smallest absolute Gasteiger partial charge is 0.192 e. The molecule has 2 rings (SSSR count). The predicted octanol–water partition coefficient (Wildman–Crippen LogP) is 1.81. The van der Waals surface area contributed by atoms with Crippen LogP contribution in [0.2, 0.25) is 0 Å². The number of aliphatic imine (C=N–C) groups is 1. The Labute approximate surface area is 115 Å². The maximum atomic E-state index is 6.09. The lowest BCUT2D eigenvalue weighted by Crippen LogP contribution is -2.53. The minimum Gasteiger partial charge on any atom is -0.382 e. The van der Waals surface area contributed by atoms with E-state index in [0.29, 0.717) is 25.0 Å². The lowest BCUT2D eigenvalue weighted by Gasteiger charge is -2.40. The van der Waals surface area contributed by atoms with Crippen molar-refractivity contribution in [2.24, 2.45) is 16.6 Å². The number of rotatable bonds is 5. The summed E-state index contributed by atoms with van der Waals surface area (Å²) < 4.78 is 5.47. The van der Waals surface area contributed by atoms with Gasteiger partial charge in [-0.2, -0.15) is 0 Å². The zero-order valence-corrected chi connectivity index (χ0v) is 12.0. The van der Waals surface area contributed by atoms with Gasteiger partial charge in [-0.25, -0.2) is 0 Å². The molecule has 4 heteroatoms. The second-order valence-electron chi connectivity index (χ2n) is 5.51. The van der Waals surface area contributed by atoms with E-state index in [4.69, 9.17) is 10.5 Å². The third kappa shape index (κ3) is 2.59. The minimum absolute atomic E-state index is 0.260. The van der Waals surface area contributed by atoms with Crippen molar-refractivity contribution in [3.63, 3.8) is 0 Å². The third-order valence-corrected chi connectivity index (χ3v) is 3.54. The first-order valence-corrected chi connectivity index (χ1v) is 6.72. The molecule has 0 aromatic heterocycles. The zero-order chi connectivity index (χ0) is 13.9. The van der Waals surface area contributed by atoms with Gasteiger partial charge in [-0.05, 0) is 11.5 Å². The van der Waals surface area contributed by atoms with Gasteiger partial charge in [0.2, 0.25) is 0 Å². The number of hydrogen-bond donors (Lipinski definition) is 1. The summed E-state index contributed by atoms with van der Waals surface area (Å²) in [6.45, 7) is 6.51. The highest BCUT2D eigenvalue weighted by atomic mass is 16.5. The van der Waals surface area contributed by atoms with Crippen LogP contribution in [0.15, 0.2) is 35.3 Å². The Morgan fingerprint density at radius 2 is 2.05 bits per heavy atom. The van der Waals surface area contributed by atoms with Gasteiger partial charge < -0.3 is 15.4 Å². The molecule has 0 bridgehead atoms. The molecular formula is C15H23N3O. The van der Waals surface area contributed by atoms with E-state index in [2.05, 4.69) is 48.0 Å². The van der Waals surface area contributed by atoms with Crippen molar-refractivity contribution in [1.82, 2.24) is 4.90 Å².